The number of hydrogen-bond acceptors (Lipinski definition) is 14. The van der Waals surface area contributed by atoms with Crippen LogP contribution in [-0.4, -0.2) is 84.2 Å². The topological polar surface area (TPSA) is 216 Å². The molecule has 0 bridgehead atoms. The van der Waals surface area contributed by atoms with Crippen molar-refractivity contribution < 1.29 is 42.2 Å². The molecule has 1 aliphatic rings. The zero-order valence-electron chi connectivity index (χ0n) is 23.9. The zero-order chi connectivity index (χ0) is 31.6. The molecule has 2 aromatic heterocycles. The van der Waals surface area contributed by atoms with E-state index in [1.54, 1.807) is 34.6 Å². The number of thioether (sulfide) groups is 1. The number of esters is 1. The van der Waals surface area contributed by atoms with Crippen LogP contribution in [0.3, 0.4) is 0 Å². The molecule has 2 unspecified atom stereocenters. The predicted octanol–water partition coefficient (Wildman–Crippen LogP) is 2.53. The Morgan fingerprint density at radius 3 is 2.60 bits per heavy atom. The van der Waals surface area contributed by atoms with Crippen molar-refractivity contribution in [1.82, 2.24) is 24.6 Å². The Morgan fingerprint density at radius 2 is 1.98 bits per heavy atom. The summed E-state index contributed by atoms with van der Waals surface area (Å²) >= 11 is 7.05. The number of nitrogen functional groups attached to an aromatic ring is 2. The molecule has 15 nitrogen and oxygen atoms in total. The van der Waals surface area contributed by atoms with Crippen LogP contribution < -0.4 is 16.6 Å². The third-order valence-electron chi connectivity index (χ3n) is 5.75. The van der Waals surface area contributed by atoms with E-state index in [-0.39, 0.29) is 40.4 Å². The van der Waals surface area contributed by atoms with Crippen LogP contribution in [-0.2, 0) is 32.7 Å². The summed E-state index contributed by atoms with van der Waals surface area (Å²) in [5, 5.41) is 10.1. The van der Waals surface area contributed by atoms with Gasteiger partial charge in [-0.05, 0) is 20.8 Å². The van der Waals surface area contributed by atoms with Crippen LogP contribution in [0.5, 0.6) is 0 Å². The molecular weight excluding hydrogens is 620 g/mol. The summed E-state index contributed by atoms with van der Waals surface area (Å²) in [6, 6.07) is -1.15. The Bertz CT molecular complexity index is 1340. The summed E-state index contributed by atoms with van der Waals surface area (Å²) < 4.78 is 52.2. The molecule has 3 heterocycles. The van der Waals surface area contributed by atoms with Crippen molar-refractivity contribution in [3.8, 4) is 0 Å². The van der Waals surface area contributed by atoms with Gasteiger partial charge in [-0.25, -0.2) is 19.0 Å². The fourth-order valence-electron chi connectivity index (χ4n) is 3.65. The number of halogens is 2. The highest BCUT2D eigenvalue weighted by molar-refractivity contribution is 8.13. The van der Waals surface area contributed by atoms with E-state index in [4.69, 9.17) is 41.6 Å². The standard InChI is InChI=1S/C23H36ClFN7O8PS/c1-11(2)39-18(34)12(3)31-41(36,37-7-8-42-20(35)22(4,5)6)38-9-13-15(33)23(24,25)19(40-13)32-10-28-14-16(26)29-21(27)30-17(14)32/h10-13,15,19,33H,7-9H2,1-6H3,(H,31,36)(H4,26,27,29,30)/t12?,13-,15-,19-,23-,41?/m1/s1. The Kier molecular flexibility index (Phi) is 10.9. The van der Waals surface area contributed by atoms with Gasteiger partial charge in [0.25, 0.3) is 5.13 Å². The molecule has 3 rings (SSSR count). The van der Waals surface area contributed by atoms with Gasteiger partial charge < -0.3 is 26.0 Å². The van der Waals surface area contributed by atoms with E-state index >= 15 is 4.39 Å². The molecule has 236 valence electrons. The molecule has 1 fully saturated rings. The number of aliphatic hydroxyl groups is 1. The minimum Gasteiger partial charge on any atom is -0.462 e. The van der Waals surface area contributed by atoms with Gasteiger partial charge in [0.1, 0.15) is 23.8 Å². The quantitative estimate of drug-likeness (QED) is 0.112. The first-order valence-electron chi connectivity index (χ1n) is 12.9. The van der Waals surface area contributed by atoms with Gasteiger partial charge in [-0.3, -0.25) is 23.2 Å². The number of nitrogens with zero attached hydrogens (tertiary/aromatic N) is 4. The highest BCUT2D eigenvalue weighted by Gasteiger charge is 2.58. The summed E-state index contributed by atoms with van der Waals surface area (Å²) in [6.07, 6.45) is -4.46. The number of anilines is 2. The van der Waals surface area contributed by atoms with Crippen LogP contribution >= 0.6 is 31.1 Å². The lowest BCUT2D eigenvalue weighted by Crippen LogP contribution is -2.39. The molecule has 6 N–H and O–H groups in total. The van der Waals surface area contributed by atoms with Gasteiger partial charge in [0.15, 0.2) is 22.8 Å². The molecule has 19 heteroatoms. The number of alkyl halides is 2. The minimum absolute atomic E-state index is 0.00286. The number of aliphatic hydroxyl groups excluding tert-OH is 1. The summed E-state index contributed by atoms with van der Waals surface area (Å²) in [5.41, 5.74) is 11.0. The number of hydrogen-bond donors (Lipinski definition) is 4. The summed E-state index contributed by atoms with van der Waals surface area (Å²) in [6.45, 7) is 9.03. The molecule has 6 atom stereocenters. The lowest BCUT2D eigenvalue weighted by atomic mass is 10.00. The number of aromatic nitrogens is 4. The van der Waals surface area contributed by atoms with Gasteiger partial charge in [-0.1, -0.05) is 44.1 Å². The molecule has 0 saturated carbocycles. The van der Waals surface area contributed by atoms with Crippen LogP contribution in [0, 0.1) is 5.41 Å². The molecule has 0 spiro atoms. The molecular formula is C23H36ClFN7O8PS. The third kappa shape index (κ3) is 8.08. The van der Waals surface area contributed by atoms with Gasteiger partial charge in [-0.15, -0.1) is 0 Å². The Balaban J connectivity index is 1.76. The number of carbonyl (C=O) groups excluding carboxylic acids is 2. The monoisotopic (exact) mass is 655 g/mol. The Labute approximate surface area is 251 Å². The van der Waals surface area contributed by atoms with Crippen LogP contribution in [0.4, 0.5) is 16.2 Å². The van der Waals surface area contributed by atoms with Gasteiger partial charge in [0.2, 0.25) is 5.95 Å². The molecule has 0 radical (unpaired) electrons. The van der Waals surface area contributed by atoms with Gasteiger partial charge in [0, 0.05) is 11.2 Å². The molecule has 0 aromatic carbocycles. The van der Waals surface area contributed by atoms with Crippen molar-refractivity contribution >= 4 is 65.1 Å². The fourth-order valence-corrected chi connectivity index (χ4v) is 6.33. The van der Waals surface area contributed by atoms with E-state index in [2.05, 4.69) is 20.0 Å². The highest BCUT2D eigenvalue weighted by atomic mass is 35.5. The number of nitrogens with one attached hydrogen (secondary N) is 1. The van der Waals surface area contributed by atoms with Gasteiger partial charge >= 0.3 is 13.7 Å². The first kappa shape index (κ1) is 34.4. The van der Waals surface area contributed by atoms with Gasteiger partial charge in [-0.2, -0.15) is 9.97 Å². The lowest BCUT2D eigenvalue weighted by molar-refractivity contribution is -0.149. The largest absolute Gasteiger partial charge is 0.462 e. The Morgan fingerprint density at radius 1 is 1.31 bits per heavy atom. The van der Waals surface area contributed by atoms with E-state index in [0.717, 1.165) is 22.7 Å². The summed E-state index contributed by atoms with van der Waals surface area (Å²) in [7, 11) is -4.33. The van der Waals surface area contributed by atoms with E-state index in [1.165, 1.54) is 6.92 Å². The number of carbonyl (C=O) groups is 2. The number of rotatable bonds is 12. The fraction of sp³-hybridized carbons (Fsp3) is 0.696. The third-order valence-corrected chi connectivity index (χ3v) is 9.12. The van der Waals surface area contributed by atoms with Crippen molar-refractivity contribution in [2.75, 3.05) is 30.4 Å². The van der Waals surface area contributed by atoms with E-state index in [9.17, 15) is 19.3 Å². The van der Waals surface area contributed by atoms with Crippen molar-refractivity contribution in [3.05, 3.63) is 6.33 Å². The minimum atomic E-state index is -4.33. The average molecular weight is 656 g/mol. The number of nitrogens with two attached hydrogens (primary N) is 2. The molecule has 0 amide bonds. The molecule has 2 aromatic rings. The van der Waals surface area contributed by atoms with Crippen LogP contribution in [0.15, 0.2) is 6.33 Å². The van der Waals surface area contributed by atoms with Crippen molar-refractivity contribution in [3.63, 3.8) is 0 Å². The zero-order valence-corrected chi connectivity index (χ0v) is 26.4. The first-order valence-corrected chi connectivity index (χ1v) is 15.8. The average Bonchev–Trinajstić information content (AvgIpc) is 3.37. The molecule has 42 heavy (non-hydrogen) atoms. The maximum absolute atomic E-state index is 15.7. The van der Waals surface area contributed by atoms with Crippen LogP contribution in [0.2, 0.25) is 0 Å². The van der Waals surface area contributed by atoms with E-state index < -0.39 is 61.4 Å². The first-order chi connectivity index (χ1) is 19.4. The maximum Gasteiger partial charge on any atom is 0.406 e. The Hall–Kier alpha value is -2.11. The second-order valence-electron chi connectivity index (χ2n) is 10.8. The van der Waals surface area contributed by atoms with Crippen LogP contribution in [0.1, 0.15) is 47.8 Å². The smallest absolute Gasteiger partial charge is 0.406 e. The maximum atomic E-state index is 15.7. The molecule has 1 saturated heterocycles. The van der Waals surface area contributed by atoms with Crippen LogP contribution in [0.25, 0.3) is 11.2 Å². The summed E-state index contributed by atoms with van der Waals surface area (Å²) in [5.74, 6) is -0.887. The SMILES string of the molecule is CC(C)OC(=O)C(C)NP(=O)(OCCSC(=O)C(C)(C)C)OC[C@H]1O[C@@H](n2cnc3c(N)nc(N)nc32)[C@@](F)(Cl)[C@@H]1O. The van der Waals surface area contributed by atoms with Crippen molar-refractivity contribution in [2.45, 2.75) is 77.3 Å². The van der Waals surface area contributed by atoms with E-state index in [1.807, 2.05) is 0 Å². The number of fused-ring (bicyclic) bond motifs is 1. The second-order valence-corrected chi connectivity index (χ2v) is 14.2. The molecule has 1 aliphatic heterocycles. The number of imidazole rings is 1. The lowest BCUT2D eigenvalue weighted by Gasteiger charge is -2.25. The molecule has 0 aliphatic carbocycles. The second kappa shape index (κ2) is 13.3. The van der Waals surface area contributed by atoms with Gasteiger partial charge in [0.05, 0.1) is 25.6 Å². The normalized spacial score (nSPS) is 25.0. The predicted molar refractivity (Wildman–Crippen MR) is 154 cm³/mol. The number of ether oxygens (including phenoxy) is 2. The van der Waals surface area contributed by atoms with Crippen molar-refractivity contribution in [1.29, 1.82) is 0 Å². The van der Waals surface area contributed by atoms with Crippen molar-refractivity contribution in [2.24, 2.45) is 5.41 Å². The van der Waals surface area contributed by atoms with E-state index in [0.29, 0.717) is 0 Å². The highest BCUT2D eigenvalue weighted by Crippen LogP contribution is 2.49. The summed E-state index contributed by atoms with van der Waals surface area (Å²) in [4.78, 5) is 36.4.